The van der Waals surface area contributed by atoms with Gasteiger partial charge in [0.05, 0.1) is 0 Å². The third-order valence-corrected chi connectivity index (χ3v) is 14.8. The zero-order valence-electron chi connectivity index (χ0n) is 38.4. The van der Waals surface area contributed by atoms with Gasteiger partial charge in [-0.1, -0.05) is 243 Å². The van der Waals surface area contributed by atoms with Gasteiger partial charge in [0.1, 0.15) is 0 Å². The summed E-state index contributed by atoms with van der Waals surface area (Å²) in [7, 11) is 0. The van der Waals surface area contributed by atoms with E-state index in [-0.39, 0.29) is 0 Å². The van der Waals surface area contributed by atoms with Gasteiger partial charge in [-0.3, -0.25) is 0 Å². The van der Waals surface area contributed by atoms with Crippen LogP contribution >= 0.6 is 0 Å². The number of benzene rings is 14. The molecule has 0 spiro atoms. The van der Waals surface area contributed by atoms with Crippen LogP contribution in [0.5, 0.6) is 0 Å². The van der Waals surface area contributed by atoms with E-state index in [1.807, 2.05) is 0 Å². The second kappa shape index (κ2) is 16.3. The van der Waals surface area contributed by atoms with E-state index in [0.29, 0.717) is 0 Å². The Kier molecular flexibility index (Phi) is 9.32. The largest absolute Gasteiger partial charge is 0.0622 e. The van der Waals surface area contributed by atoms with Crippen molar-refractivity contribution in [1.82, 2.24) is 0 Å². The average molecular weight is 885 g/mol. The van der Waals surface area contributed by atoms with Crippen LogP contribution in [-0.2, 0) is 0 Å². The lowest BCUT2D eigenvalue weighted by Gasteiger charge is -2.19. The number of hydrogen-bond donors (Lipinski definition) is 0. The van der Waals surface area contributed by atoms with Crippen LogP contribution in [0.4, 0.5) is 0 Å². The van der Waals surface area contributed by atoms with Gasteiger partial charge in [0, 0.05) is 0 Å². The molecule has 70 heavy (non-hydrogen) atoms. The Bertz CT molecular complexity index is 4290. The Labute approximate surface area is 407 Å². The molecule has 0 saturated carbocycles. The maximum absolute atomic E-state index is 2.42. The average Bonchev–Trinajstić information content (AvgIpc) is 3.43. The molecule has 0 atom stereocenters. The van der Waals surface area contributed by atoms with Crippen molar-refractivity contribution in [1.29, 1.82) is 0 Å². The molecule has 0 heteroatoms. The Morgan fingerprint density at radius 3 is 1.06 bits per heavy atom. The molecule has 0 aliphatic rings. The third kappa shape index (κ3) is 6.45. The molecule has 0 aromatic heterocycles. The van der Waals surface area contributed by atoms with Crippen molar-refractivity contribution >= 4 is 75.4 Å². The molecule has 0 fully saturated rings. The molecule has 0 unspecified atom stereocenters. The van der Waals surface area contributed by atoms with Crippen molar-refractivity contribution in [3.05, 3.63) is 267 Å². The Hall–Kier alpha value is -9.10. The second-order valence-electron chi connectivity index (χ2n) is 18.7. The van der Waals surface area contributed by atoms with Gasteiger partial charge in [-0.15, -0.1) is 0 Å². The van der Waals surface area contributed by atoms with Gasteiger partial charge in [0.15, 0.2) is 0 Å². The minimum atomic E-state index is 1.20. The molecule has 0 nitrogen and oxygen atoms in total. The molecule has 14 rings (SSSR count). The zero-order valence-corrected chi connectivity index (χ0v) is 38.4. The fourth-order valence-corrected chi connectivity index (χ4v) is 11.6. The van der Waals surface area contributed by atoms with E-state index in [9.17, 15) is 0 Å². The highest BCUT2D eigenvalue weighted by atomic mass is 14.2. The first-order chi connectivity index (χ1) is 34.7. The summed E-state index contributed by atoms with van der Waals surface area (Å²) in [5.41, 5.74) is 14.8. The fourth-order valence-electron chi connectivity index (χ4n) is 11.6. The maximum atomic E-state index is 2.42. The molecule has 0 radical (unpaired) electrons. The first-order valence-electron chi connectivity index (χ1n) is 24.3. The predicted octanol–water partition coefficient (Wildman–Crippen LogP) is 19.8. The van der Waals surface area contributed by atoms with Crippen molar-refractivity contribution in [2.24, 2.45) is 0 Å². The molecule has 0 aliphatic carbocycles. The van der Waals surface area contributed by atoms with Crippen molar-refractivity contribution in [2.45, 2.75) is 0 Å². The molecule has 0 saturated heterocycles. The molecular formula is C70H44. The lowest BCUT2D eigenvalue weighted by atomic mass is 9.84. The van der Waals surface area contributed by atoms with E-state index >= 15 is 0 Å². The van der Waals surface area contributed by atoms with Crippen LogP contribution in [0.25, 0.3) is 142 Å². The van der Waals surface area contributed by atoms with Crippen LogP contribution in [0.2, 0.25) is 0 Å². The van der Waals surface area contributed by atoms with Gasteiger partial charge in [-0.25, -0.2) is 0 Å². The smallest absolute Gasteiger partial charge is 0.00201 e. The van der Waals surface area contributed by atoms with E-state index in [0.717, 1.165) is 0 Å². The van der Waals surface area contributed by atoms with Gasteiger partial charge in [-0.05, 0) is 166 Å². The summed E-state index contributed by atoms with van der Waals surface area (Å²) < 4.78 is 0. The summed E-state index contributed by atoms with van der Waals surface area (Å²) in [4.78, 5) is 0. The number of fused-ring (bicyclic) bond motifs is 7. The highest BCUT2D eigenvalue weighted by Gasteiger charge is 2.20. The van der Waals surface area contributed by atoms with Gasteiger partial charge in [0.25, 0.3) is 0 Å². The molecule has 0 bridgehead atoms. The summed E-state index contributed by atoms with van der Waals surface area (Å²) in [6, 6.07) is 99.0. The lowest BCUT2D eigenvalue weighted by molar-refractivity contribution is 1.62. The fraction of sp³-hybridized carbons (Fsp3) is 0. The quantitative estimate of drug-likeness (QED) is 0.146. The first-order valence-corrected chi connectivity index (χ1v) is 24.3. The van der Waals surface area contributed by atoms with Crippen LogP contribution < -0.4 is 0 Å². The van der Waals surface area contributed by atoms with Crippen molar-refractivity contribution in [3.8, 4) is 66.8 Å². The van der Waals surface area contributed by atoms with Crippen LogP contribution in [0, 0.1) is 0 Å². The van der Waals surface area contributed by atoms with Crippen LogP contribution in [-0.4, -0.2) is 0 Å². The van der Waals surface area contributed by atoms with Gasteiger partial charge in [0.2, 0.25) is 0 Å². The van der Waals surface area contributed by atoms with Gasteiger partial charge < -0.3 is 0 Å². The van der Waals surface area contributed by atoms with E-state index in [1.165, 1.54) is 142 Å². The van der Waals surface area contributed by atoms with Gasteiger partial charge in [-0.2, -0.15) is 0 Å². The SMILES string of the molecule is c1ccc(-c2c3ccccc3c(-c3cccc(-c4cccc5ccc(-c6ccc7cccc(-c8c9ccccc9c(-c9ccc%10ccccc%10c9)c9ccccc89)c7c6)cc45)c3)c3ccccc23)cc1. The number of rotatable bonds is 6. The van der Waals surface area contributed by atoms with Crippen molar-refractivity contribution in [2.75, 3.05) is 0 Å². The topological polar surface area (TPSA) is 0 Å². The molecule has 0 heterocycles. The minimum Gasteiger partial charge on any atom is -0.0622 e. The van der Waals surface area contributed by atoms with E-state index in [1.54, 1.807) is 0 Å². The summed E-state index contributed by atoms with van der Waals surface area (Å²) in [6.45, 7) is 0. The highest BCUT2D eigenvalue weighted by molar-refractivity contribution is 6.25. The van der Waals surface area contributed by atoms with E-state index in [4.69, 9.17) is 0 Å². The Balaban J connectivity index is 0.916. The molecule has 14 aromatic carbocycles. The lowest BCUT2D eigenvalue weighted by Crippen LogP contribution is -1.92. The van der Waals surface area contributed by atoms with Crippen LogP contribution in [0.15, 0.2) is 267 Å². The first kappa shape index (κ1) is 40.0. The predicted molar refractivity (Wildman–Crippen MR) is 302 cm³/mol. The minimum absolute atomic E-state index is 1.20. The molecule has 14 aromatic rings. The highest BCUT2D eigenvalue weighted by Crippen LogP contribution is 2.48. The summed E-state index contributed by atoms with van der Waals surface area (Å²) >= 11 is 0. The molecule has 0 aliphatic heterocycles. The summed E-state index contributed by atoms with van der Waals surface area (Å²) in [6.07, 6.45) is 0. The Morgan fingerprint density at radius 1 is 0.143 bits per heavy atom. The van der Waals surface area contributed by atoms with Crippen molar-refractivity contribution in [3.63, 3.8) is 0 Å². The summed E-state index contributed by atoms with van der Waals surface area (Å²) in [5, 5.41) is 17.5. The van der Waals surface area contributed by atoms with Crippen LogP contribution in [0.3, 0.4) is 0 Å². The number of hydrogen-bond acceptors (Lipinski definition) is 0. The zero-order chi connectivity index (χ0) is 46.1. The van der Waals surface area contributed by atoms with Crippen LogP contribution in [0.1, 0.15) is 0 Å². The monoisotopic (exact) mass is 884 g/mol. The molecule has 0 N–H and O–H groups in total. The van der Waals surface area contributed by atoms with Crippen molar-refractivity contribution < 1.29 is 0 Å². The van der Waals surface area contributed by atoms with Gasteiger partial charge >= 0.3 is 0 Å². The Morgan fingerprint density at radius 2 is 0.500 bits per heavy atom. The molecular weight excluding hydrogens is 841 g/mol. The molecule has 0 amide bonds. The normalized spacial score (nSPS) is 11.7. The second-order valence-corrected chi connectivity index (χ2v) is 18.7. The van der Waals surface area contributed by atoms with E-state index < -0.39 is 0 Å². The standard InChI is InChI=1S/C70H44/c1-2-18-48(19-3-1)67-56-25-6-8-27-58(56)68(59-28-9-7-26-57(59)67)53-24-14-23-52(42-53)55-33-15-21-46-36-38-50(43-65(46)55)51-39-37-47-22-16-34-64(66(47)44-51)70-62-31-12-10-29-60(62)69(61-30-11-13-32-63(61)70)54-40-35-45-17-4-5-20-49(45)41-54/h1-44H. The maximum Gasteiger partial charge on any atom is -0.00201 e. The van der Waals surface area contributed by atoms with E-state index in [2.05, 4.69) is 267 Å². The third-order valence-electron chi connectivity index (χ3n) is 14.8. The summed E-state index contributed by atoms with van der Waals surface area (Å²) in [5.74, 6) is 0. The molecule has 324 valence electrons.